The number of hydrogen-bond donors (Lipinski definition) is 1. The molecule has 0 radical (unpaired) electrons. The molecule has 0 saturated carbocycles. The van der Waals surface area contributed by atoms with Crippen molar-refractivity contribution in [2.75, 3.05) is 0 Å². The smallest absolute Gasteiger partial charge is 0.337 e. The molecule has 0 bridgehead atoms. The van der Waals surface area contributed by atoms with E-state index in [1.165, 1.54) is 24.3 Å². The van der Waals surface area contributed by atoms with Crippen LogP contribution in [0.5, 0.6) is 0 Å². The number of aromatic carboxylic acids is 1. The van der Waals surface area contributed by atoms with E-state index >= 15 is 0 Å². The van der Waals surface area contributed by atoms with Gasteiger partial charge in [0.05, 0.1) is 17.0 Å². The highest BCUT2D eigenvalue weighted by Gasteiger charge is 2.21. The van der Waals surface area contributed by atoms with Crippen molar-refractivity contribution in [1.29, 1.82) is 0 Å². The fourth-order valence-corrected chi connectivity index (χ4v) is 3.06. The maximum atomic E-state index is 14.3. The molecule has 1 N–H and O–H groups in total. The fraction of sp³-hybridized carbons (Fsp3) is 0.182. The van der Waals surface area contributed by atoms with Gasteiger partial charge in [0.25, 0.3) is 0 Å². The lowest BCUT2D eigenvalue weighted by Gasteiger charge is -2.17. The summed E-state index contributed by atoms with van der Waals surface area (Å²) in [7, 11) is 0. The van der Waals surface area contributed by atoms with Gasteiger partial charge in [-0.3, -0.25) is 4.98 Å². The van der Waals surface area contributed by atoms with Crippen molar-refractivity contribution >= 4 is 5.97 Å². The summed E-state index contributed by atoms with van der Waals surface area (Å²) >= 11 is 0. The molecule has 0 spiro atoms. The standard InChI is InChI=1S/C22H19F2NO2/c1-13(2)21-17(16-8-3-4-9-19(16)24)12-18(22(26)27)20(25-21)11-14-6-5-7-15(23)10-14/h3-10,12-13H,11H2,1-2H3,(H,26,27). The van der Waals surface area contributed by atoms with Gasteiger partial charge in [0, 0.05) is 17.5 Å². The number of rotatable bonds is 5. The molecule has 138 valence electrons. The van der Waals surface area contributed by atoms with Crippen LogP contribution in [0.1, 0.15) is 47.1 Å². The second-order valence-electron chi connectivity index (χ2n) is 6.66. The highest BCUT2D eigenvalue weighted by molar-refractivity contribution is 5.91. The van der Waals surface area contributed by atoms with E-state index in [2.05, 4.69) is 4.98 Å². The predicted molar refractivity (Wildman–Crippen MR) is 99.9 cm³/mol. The summed E-state index contributed by atoms with van der Waals surface area (Å²) in [5.74, 6) is -2.03. The molecular formula is C22H19F2NO2. The summed E-state index contributed by atoms with van der Waals surface area (Å²) in [6.45, 7) is 3.83. The lowest BCUT2D eigenvalue weighted by molar-refractivity contribution is 0.0695. The number of aromatic nitrogens is 1. The SMILES string of the molecule is CC(C)c1nc(Cc2cccc(F)c2)c(C(=O)O)cc1-c1ccccc1F. The molecule has 0 fully saturated rings. The van der Waals surface area contributed by atoms with Crippen molar-refractivity contribution < 1.29 is 18.7 Å². The van der Waals surface area contributed by atoms with E-state index in [0.29, 0.717) is 28.1 Å². The molecule has 27 heavy (non-hydrogen) atoms. The molecular weight excluding hydrogens is 348 g/mol. The first-order valence-electron chi connectivity index (χ1n) is 8.63. The average Bonchev–Trinajstić information content (AvgIpc) is 2.61. The minimum absolute atomic E-state index is 0.0121. The van der Waals surface area contributed by atoms with Gasteiger partial charge in [-0.15, -0.1) is 0 Å². The number of carboxylic acids is 1. The summed E-state index contributed by atoms with van der Waals surface area (Å²) in [5.41, 5.74) is 2.32. The summed E-state index contributed by atoms with van der Waals surface area (Å²) < 4.78 is 27.8. The number of pyridine rings is 1. The molecule has 1 heterocycles. The van der Waals surface area contributed by atoms with Crippen LogP contribution in [-0.4, -0.2) is 16.1 Å². The molecule has 5 heteroatoms. The Bertz CT molecular complexity index is 999. The summed E-state index contributed by atoms with van der Waals surface area (Å²) in [4.78, 5) is 16.4. The zero-order valence-electron chi connectivity index (χ0n) is 15.0. The lowest BCUT2D eigenvalue weighted by atomic mass is 9.93. The van der Waals surface area contributed by atoms with Gasteiger partial charge in [0.15, 0.2) is 0 Å². The van der Waals surface area contributed by atoms with Crippen molar-refractivity contribution in [2.24, 2.45) is 0 Å². The molecule has 2 aromatic carbocycles. The van der Waals surface area contributed by atoms with Crippen LogP contribution in [0.15, 0.2) is 54.6 Å². The maximum absolute atomic E-state index is 14.3. The second-order valence-corrected chi connectivity index (χ2v) is 6.66. The maximum Gasteiger partial charge on any atom is 0.337 e. The molecule has 3 rings (SSSR count). The Morgan fingerprint density at radius 3 is 2.41 bits per heavy atom. The number of nitrogens with zero attached hydrogens (tertiary/aromatic N) is 1. The predicted octanol–water partition coefficient (Wildman–Crippen LogP) is 5.44. The quantitative estimate of drug-likeness (QED) is 0.653. The zero-order chi connectivity index (χ0) is 19.6. The van der Waals surface area contributed by atoms with E-state index in [4.69, 9.17) is 0 Å². The van der Waals surface area contributed by atoms with Crippen molar-refractivity contribution in [2.45, 2.75) is 26.2 Å². The highest BCUT2D eigenvalue weighted by atomic mass is 19.1. The molecule has 0 aliphatic carbocycles. The Kier molecular flexibility index (Phi) is 5.31. The van der Waals surface area contributed by atoms with Crippen LogP contribution < -0.4 is 0 Å². The van der Waals surface area contributed by atoms with Crippen LogP contribution in [0, 0.1) is 11.6 Å². The van der Waals surface area contributed by atoms with Crippen molar-refractivity contribution in [1.82, 2.24) is 4.98 Å². The third-order valence-corrected chi connectivity index (χ3v) is 4.33. The third kappa shape index (κ3) is 4.03. The van der Waals surface area contributed by atoms with Gasteiger partial charge in [-0.2, -0.15) is 0 Å². The molecule has 1 aromatic heterocycles. The first-order valence-corrected chi connectivity index (χ1v) is 8.63. The van der Waals surface area contributed by atoms with Crippen LogP contribution in [0.3, 0.4) is 0 Å². The van der Waals surface area contributed by atoms with Gasteiger partial charge < -0.3 is 5.11 Å². The molecule has 0 aliphatic rings. The Labute approximate surface area is 156 Å². The van der Waals surface area contributed by atoms with E-state index in [0.717, 1.165) is 0 Å². The second kappa shape index (κ2) is 7.66. The minimum Gasteiger partial charge on any atom is -0.478 e. The Hall–Kier alpha value is -3.08. The van der Waals surface area contributed by atoms with Gasteiger partial charge >= 0.3 is 5.97 Å². The largest absolute Gasteiger partial charge is 0.478 e. The molecule has 0 aliphatic heterocycles. The molecule has 3 aromatic rings. The lowest BCUT2D eigenvalue weighted by Crippen LogP contribution is -2.11. The Morgan fingerprint density at radius 2 is 1.78 bits per heavy atom. The van der Waals surface area contributed by atoms with E-state index in [1.54, 1.807) is 30.3 Å². The number of halogens is 2. The van der Waals surface area contributed by atoms with Crippen molar-refractivity contribution in [3.8, 4) is 11.1 Å². The number of hydrogen-bond acceptors (Lipinski definition) is 2. The van der Waals surface area contributed by atoms with Gasteiger partial charge in [0.2, 0.25) is 0 Å². The van der Waals surface area contributed by atoms with Crippen molar-refractivity contribution in [3.05, 3.63) is 88.7 Å². The third-order valence-electron chi connectivity index (χ3n) is 4.33. The highest BCUT2D eigenvalue weighted by Crippen LogP contribution is 2.32. The van der Waals surface area contributed by atoms with Crippen LogP contribution >= 0.6 is 0 Å². The van der Waals surface area contributed by atoms with Gasteiger partial charge in [-0.1, -0.05) is 44.2 Å². The van der Waals surface area contributed by atoms with Gasteiger partial charge in [-0.25, -0.2) is 13.6 Å². The molecule has 0 saturated heterocycles. The monoisotopic (exact) mass is 367 g/mol. The van der Waals surface area contributed by atoms with E-state index in [1.807, 2.05) is 13.8 Å². The zero-order valence-corrected chi connectivity index (χ0v) is 15.0. The summed E-state index contributed by atoms with van der Waals surface area (Å²) in [6, 6.07) is 13.7. The Balaban J connectivity index is 2.19. The van der Waals surface area contributed by atoms with Gasteiger partial charge in [0.1, 0.15) is 11.6 Å². The topological polar surface area (TPSA) is 50.2 Å². The van der Waals surface area contributed by atoms with E-state index in [9.17, 15) is 18.7 Å². The Morgan fingerprint density at radius 1 is 1.04 bits per heavy atom. The van der Waals surface area contributed by atoms with E-state index < -0.39 is 17.6 Å². The number of carboxylic acid groups (broad SMARTS) is 1. The summed E-state index contributed by atoms with van der Waals surface area (Å²) in [6.07, 6.45) is 0.177. The van der Waals surface area contributed by atoms with Crippen LogP contribution in [0.25, 0.3) is 11.1 Å². The first kappa shape index (κ1) is 18.7. The van der Waals surface area contributed by atoms with Crippen LogP contribution in [0.2, 0.25) is 0 Å². The average molecular weight is 367 g/mol. The van der Waals surface area contributed by atoms with Crippen molar-refractivity contribution in [3.63, 3.8) is 0 Å². The van der Waals surface area contributed by atoms with Crippen LogP contribution in [0.4, 0.5) is 8.78 Å². The van der Waals surface area contributed by atoms with E-state index in [-0.39, 0.29) is 17.9 Å². The molecule has 0 amide bonds. The molecule has 0 unspecified atom stereocenters. The van der Waals surface area contributed by atoms with Crippen LogP contribution in [-0.2, 0) is 6.42 Å². The molecule has 3 nitrogen and oxygen atoms in total. The fourth-order valence-electron chi connectivity index (χ4n) is 3.06. The normalized spacial score (nSPS) is 11.0. The van der Waals surface area contributed by atoms with Gasteiger partial charge in [-0.05, 0) is 35.7 Å². The first-order chi connectivity index (χ1) is 12.9. The number of benzene rings is 2. The number of carbonyl (C=O) groups is 1. The summed E-state index contributed by atoms with van der Waals surface area (Å²) in [5, 5.41) is 9.66. The molecule has 0 atom stereocenters. The minimum atomic E-state index is -1.15.